The number of carbonyl (C=O) groups is 1. The molecule has 21 heavy (non-hydrogen) atoms. The first-order valence-electron chi connectivity index (χ1n) is 5.47. The predicted octanol–water partition coefficient (Wildman–Crippen LogP) is 1.50. The first-order chi connectivity index (χ1) is 9.93. The number of rotatable bonds is 3. The second kappa shape index (κ2) is 5.56. The summed E-state index contributed by atoms with van der Waals surface area (Å²) < 4.78 is 1.27. The number of nitriles is 1. The van der Waals surface area contributed by atoms with Crippen LogP contribution in [0, 0.1) is 21.4 Å². The smallest absolute Gasteiger partial charge is 0.300 e. The number of aromatic nitrogens is 3. The average Bonchev–Trinajstić information content (AvgIpc) is 2.79. The molecule has 10 heteroatoms. The molecule has 1 amide bonds. The number of hydrogen-bond donors (Lipinski definition) is 1. The molecule has 2 aromatic rings. The Balaban J connectivity index is 2.42. The van der Waals surface area contributed by atoms with Crippen LogP contribution in [0.25, 0.3) is 0 Å². The highest BCUT2D eigenvalue weighted by Gasteiger charge is 2.23. The minimum absolute atomic E-state index is 0.0590. The molecule has 0 aliphatic rings. The van der Waals surface area contributed by atoms with Gasteiger partial charge in [0.25, 0.3) is 11.6 Å². The van der Waals surface area contributed by atoms with Crippen LogP contribution in [-0.2, 0) is 7.05 Å². The number of aryl methyl sites for hydroxylation is 1. The summed E-state index contributed by atoms with van der Waals surface area (Å²) in [5, 5.41) is 26.0. The predicted molar refractivity (Wildman–Crippen MR) is 71.8 cm³/mol. The minimum atomic E-state index is -0.786. The lowest BCUT2D eigenvalue weighted by molar-refractivity contribution is -0.385. The highest BCUT2D eigenvalue weighted by Crippen LogP contribution is 2.22. The molecule has 0 aliphatic carbocycles. The monoisotopic (exact) mass is 306 g/mol. The van der Waals surface area contributed by atoms with E-state index in [9.17, 15) is 14.9 Å². The zero-order valence-electron chi connectivity index (χ0n) is 10.6. The van der Waals surface area contributed by atoms with Crippen molar-refractivity contribution in [3.05, 3.63) is 44.9 Å². The van der Waals surface area contributed by atoms with Crippen molar-refractivity contribution < 1.29 is 9.72 Å². The van der Waals surface area contributed by atoms with E-state index in [-0.39, 0.29) is 22.1 Å². The largest absolute Gasteiger partial charge is 0.305 e. The third-order valence-electron chi connectivity index (χ3n) is 2.58. The Bertz CT molecular complexity index is 779. The molecule has 0 saturated carbocycles. The zero-order chi connectivity index (χ0) is 15.6. The fourth-order valence-electron chi connectivity index (χ4n) is 1.59. The van der Waals surface area contributed by atoms with E-state index in [0.29, 0.717) is 0 Å². The Morgan fingerprint density at radius 2 is 2.29 bits per heavy atom. The van der Waals surface area contributed by atoms with Gasteiger partial charge in [-0.05, 0) is 6.07 Å². The highest BCUT2D eigenvalue weighted by molar-refractivity contribution is 6.30. The molecular weight excluding hydrogens is 300 g/mol. The maximum atomic E-state index is 12.2. The van der Waals surface area contributed by atoms with Crippen LogP contribution >= 0.6 is 11.6 Å². The van der Waals surface area contributed by atoms with Crippen molar-refractivity contribution in [1.82, 2.24) is 14.8 Å². The lowest BCUT2D eigenvalue weighted by atomic mass is 10.2. The van der Waals surface area contributed by atoms with Gasteiger partial charge in [-0.3, -0.25) is 19.6 Å². The van der Waals surface area contributed by atoms with E-state index < -0.39 is 16.5 Å². The second-order valence-electron chi connectivity index (χ2n) is 3.88. The van der Waals surface area contributed by atoms with Gasteiger partial charge < -0.3 is 5.32 Å². The highest BCUT2D eigenvalue weighted by atomic mass is 35.5. The second-order valence-corrected chi connectivity index (χ2v) is 4.26. The third-order valence-corrected chi connectivity index (χ3v) is 2.79. The van der Waals surface area contributed by atoms with E-state index in [1.54, 1.807) is 0 Å². The summed E-state index contributed by atoms with van der Waals surface area (Å²) in [5.41, 5.74) is -0.615. The van der Waals surface area contributed by atoms with E-state index >= 15 is 0 Å². The van der Waals surface area contributed by atoms with Gasteiger partial charge in [-0.2, -0.15) is 10.4 Å². The Kier molecular flexibility index (Phi) is 3.82. The van der Waals surface area contributed by atoms with Crippen molar-refractivity contribution in [2.24, 2.45) is 7.05 Å². The molecule has 2 heterocycles. The summed E-state index contributed by atoms with van der Waals surface area (Å²) in [6.07, 6.45) is 2.16. The van der Waals surface area contributed by atoms with Crippen LogP contribution in [0.2, 0.25) is 5.15 Å². The molecule has 0 saturated heterocycles. The van der Waals surface area contributed by atoms with Gasteiger partial charge in [-0.15, -0.1) is 0 Å². The van der Waals surface area contributed by atoms with Gasteiger partial charge in [-0.1, -0.05) is 11.6 Å². The van der Waals surface area contributed by atoms with Gasteiger partial charge in [0.1, 0.15) is 34.4 Å². The van der Waals surface area contributed by atoms with E-state index in [4.69, 9.17) is 16.9 Å². The Hall–Kier alpha value is -2.99. The number of hydrogen-bond acceptors (Lipinski definition) is 6. The molecule has 9 nitrogen and oxygen atoms in total. The minimum Gasteiger partial charge on any atom is -0.305 e. The van der Waals surface area contributed by atoms with Crippen LogP contribution in [0.5, 0.6) is 0 Å². The molecule has 0 aliphatic heterocycles. The lowest BCUT2D eigenvalue weighted by Gasteiger charge is -2.06. The average molecular weight is 307 g/mol. The van der Waals surface area contributed by atoms with Crippen molar-refractivity contribution in [3.8, 4) is 6.07 Å². The molecule has 2 rings (SSSR count). The molecule has 0 atom stereocenters. The van der Waals surface area contributed by atoms with Gasteiger partial charge in [0.05, 0.1) is 11.1 Å². The van der Waals surface area contributed by atoms with Gasteiger partial charge in [-0.25, -0.2) is 4.98 Å². The zero-order valence-corrected chi connectivity index (χ0v) is 11.3. The molecule has 0 radical (unpaired) electrons. The van der Waals surface area contributed by atoms with E-state index in [0.717, 1.165) is 12.3 Å². The number of pyridine rings is 1. The number of nitrogens with zero attached hydrogens (tertiary/aromatic N) is 5. The van der Waals surface area contributed by atoms with Crippen LogP contribution in [0.1, 0.15) is 15.9 Å². The van der Waals surface area contributed by atoms with Crippen molar-refractivity contribution in [1.29, 1.82) is 5.26 Å². The maximum absolute atomic E-state index is 12.2. The fourth-order valence-corrected chi connectivity index (χ4v) is 1.75. The first-order valence-corrected chi connectivity index (χ1v) is 5.85. The summed E-state index contributed by atoms with van der Waals surface area (Å²) in [5.74, 6) is -0.657. The molecule has 2 aromatic heterocycles. The van der Waals surface area contributed by atoms with Crippen LogP contribution in [-0.4, -0.2) is 25.6 Å². The number of nitrogens with one attached hydrogen (secondary N) is 1. The molecule has 1 N–H and O–H groups in total. The standard InChI is InChI=1S/C11H7ClN6O3/c1-17-10(6(3-13)4-15-17)16-11(19)7-2-9(12)14-5-8(7)18(20)21/h2,4-5H,1H3,(H,16,19). The molecule has 0 aromatic carbocycles. The summed E-state index contributed by atoms with van der Waals surface area (Å²) in [4.78, 5) is 25.9. The number of carbonyl (C=O) groups excluding carboxylic acids is 1. The fraction of sp³-hybridized carbons (Fsp3) is 0.0909. The molecule has 0 unspecified atom stereocenters. The van der Waals surface area contributed by atoms with E-state index in [1.807, 2.05) is 6.07 Å². The third kappa shape index (κ3) is 2.80. The van der Waals surface area contributed by atoms with E-state index in [1.165, 1.54) is 17.9 Å². The number of anilines is 1. The summed E-state index contributed by atoms with van der Waals surface area (Å²) in [7, 11) is 1.52. The van der Waals surface area contributed by atoms with Crippen molar-refractivity contribution in [3.63, 3.8) is 0 Å². The van der Waals surface area contributed by atoms with Crippen LogP contribution in [0.3, 0.4) is 0 Å². The summed E-state index contributed by atoms with van der Waals surface area (Å²) >= 11 is 5.65. The molecule has 0 bridgehead atoms. The Morgan fingerprint density at radius 3 is 2.90 bits per heavy atom. The van der Waals surface area contributed by atoms with Gasteiger partial charge in [0, 0.05) is 7.05 Å². The molecule has 0 spiro atoms. The van der Waals surface area contributed by atoms with E-state index in [2.05, 4.69) is 15.4 Å². The molecule has 106 valence electrons. The maximum Gasteiger partial charge on any atom is 0.300 e. The topological polar surface area (TPSA) is 127 Å². The van der Waals surface area contributed by atoms with Crippen molar-refractivity contribution in [2.75, 3.05) is 5.32 Å². The SMILES string of the molecule is Cn1ncc(C#N)c1NC(=O)c1cc(Cl)ncc1[N+](=O)[O-]. The van der Waals surface area contributed by atoms with Crippen molar-refractivity contribution >= 4 is 29.0 Å². The lowest BCUT2D eigenvalue weighted by Crippen LogP contribution is -2.17. The number of amides is 1. The van der Waals surface area contributed by atoms with Crippen LogP contribution in [0.15, 0.2) is 18.5 Å². The normalized spacial score (nSPS) is 9.95. The summed E-state index contributed by atoms with van der Waals surface area (Å²) in [6.45, 7) is 0. The van der Waals surface area contributed by atoms with Crippen LogP contribution in [0.4, 0.5) is 11.5 Å². The van der Waals surface area contributed by atoms with Crippen molar-refractivity contribution in [2.45, 2.75) is 0 Å². The summed E-state index contributed by atoms with van der Waals surface area (Å²) in [6, 6.07) is 2.93. The van der Waals surface area contributed by atoms with Crippen LogP contribution < -0.4 is 5.32 Å². The molecule has 0 fully saturated rings. The molecular formula is C11H7ClN6O3. The Labute approximate surface area is 122 Å². The first kappa shape index (κ1) is 14.4. The Morgan fingerprint density at radius 1 is 1.57 bits per heavy atom. The number of halogens is 1. The quantitative estimate of drug-likeness (QED) is 0.520. The van der Waals surface area contributed by atoms with Gasteiger partial charge in [0.15, 0.2) is 0 Å². The number of nitro groups is 1. The van der Waals surface area contributed by atoms with Gasteiger partial charge >= 0.3 is 0 Å². The van der Waals surface area contributed by atoms with Gasteiger partial charge in [0.2, 0.25) is 0 Å².